The second-order valence-electron chi connectivity index (χ2n) is 3.46. The van der Waals surface area contributed by atoms with Gasteiger partial charge in [0, 0.05) is 0 Å². The lowest BCUT2D eigenvalue weighted by atomic mass is 10.1. The summed E-state index contributed by atoms with van der Waals surface area (Å²) in [7, 11) is 0. The normalized spacial score (nSPS) is 12.6. The fraction of sp³-hybridized carbons (Fsp3) is 0.333. The standard InChI is InChI=1S/C12H13ClN2OS/c1-2-17-8-10-14-12(16-15-10)11(13)9-6-4-3-5-7-9/h3-7,11H,2,8H2,1H3. The zero-order valence-electron chi connectivity index (χ0n) is 9.47. The van der Waals surface area contributed by atoms with Crippen molar-refractivity contribution in [2.24, 2.45) is 0 Å². The van der Waals surface area contributed by atoms with Crippen molar-refractivity contribution in [1.29, 1.82) is 0 Å². The van der Waals surface area contributed by atoms with Crippen LogP contribution in [0.3, 0.4) is 0 Å². The van der Waals surface area contributed by atoms with Gasteiger partial charge in [0.2, 0.25) is 5.89 Å². The smallest absolute Gasteiger partial charge is 0.249 e. The summed E-state index contributed by atoms with van der Waals surface area (Å²) in [6, 6.07) is 9.72. The summed E-state index contributed by atoms with van der Waals surface area (Å²) in [5.41, 5.74) is 0.965. The first-order valence-corrected chi connectivity index (χ1v) is 6.99. The predicted octanol–water partition coefficient (Wildman–Crippen LogP) is 3.65. The Kier molecular flexibility index (Phi) is 4.45. The molecular weight excluding hydrogens is 256 g/mol. The molecule has 0 aliphatic rings. The van der Waals surface area contributed by atoms with E-state index in [1.165, 1.54) is 0 Å². The molecule has 0 fully saturated rings. The van der Waals surface area contributed by atoms with Gasteiger partial charge in [-0.25, -0.2) is 0 Å². The van der Waals surface area contributed by atoms with Gasteiger partial charge in [0.05, 0.1) is 5.75 Å². The molecule has 1 atom stereocenters. The first-order valence-electron chi connectivity index (χ1n) is 5.40. The second-order valence-corrected chi connectivity index (χ2v) is 5.17. The van der Waals surface area contributed by atoms with Crippen LogP contribution >= 0.6 is 23.4 Å². The maximum Gasteiger partial charge on any atom is 0.249 e. The molecule has 0 amide bonds. The first kappa shape index (κ1) is 12.5. The van der Waals surface area contributed by atoms with E-state index in [2.05, 4.69) is 17.1 Å². The van der Waals surface area contributed by atoms with Gasteiger partial charge in [0.25, 0.3) is 0 Å². The van der Waals surface area contributed by atoms with Crippen LogP contribution in [-0.4, -0.2) is 15.9 Å². The number of alkyl halides is 1. The highest BCUT2D eigenvalue weighted by atomic mass is 35.5. The summed E-state index contributed by atoms with van der Waals surface area (Å²) in [6.07, 6.45) is 0. The van der Waals surface area contributed by atoms with E-state index in [4.69, 9.17) is 16.1 Å². The average molecular weight is 269 g/mol. The topological polar surface area (TPSA) is 38.9 Å². The van der Waals surface area contributed by atoms with E-state index in [0.717, 1.165) is 17.1 Å². The number of halogens is 1. The molecule has 0 aliphatic carbocycles. The van der Waals surface area contributed by atoms with E-state index in [1.54, 1.807) is 11.8 Å². The van der Waals surface area contributed by atoms with E-state index in [-0.39, 0.29) is 5.38 Å². The lowest BCUT2D eigenvalue weighted by Gasteiger charge is -2.03. The van der Waals surface area contributed by atoms with Gasteiger partial charge in [0.1, 0.15) is 5.38 Å². The molecule has 1 aromatic carbocycles. The maximum absolute atomic E-state index is 6.28. The summed E-state index contributed by atoms with van der Waals surface area (Å²) in [4.78, 5) is 4.29. The fourth-order valence-electron chi connectivity index (χ4n) is 1.39. The number of thioether (sulfide) groups is 1. The predicted molar refractivity (Wildman–Crippen MR) is 70.3 cm³/mol. The molecule has 0 N–H and O–H groups in total. The highest BCUT2D eigenvalue weighted by Gasteiger charge is 2.17. The Hall–Kier alpha value is -1.00. The molecule has 90 valence electrons. The molecule has 0 saturated heterocycles. The summed E-state index contributed by atoms with van der Waals surface area (Å²) in [5, 5.41) is 3.54. The molecule has 0 radical (unpaired) electrons. The third kappa shape index (κ3) is 3.23. The summed E-state index contributed by atoms with van der Waals surface area (Å²) < 4.78 is 5.17. The molecule has 0 aliphatic heterocycles. The quantitative estimate of drug-likeness (QED) is 0.776. The van der Waals surface area contributed by atoms with Gasteiger partial charge in [-0.05, 0) is 11.3 Å². The minimum absolute atomic E-state index is 0.371. The van der Waals surface area contributed by atoms with E-state index in [1.807, 2.05) is 30.3 Å². The maximum atomic E-state index is 6.28. The summed E-state index contributed by atoms with van der Waals surface area (Å²) >= 11 is 8.03. The minimum atomic E-state index is -0.371. The zero-order chi connectivity index (χ0) is 12.1. The number of hydrogen-bond donors (Lipinski definition) is 0. The Balaban J connectivity index is 2.09. The number of rotatable bonds is 5. The minimum Gasteiger partial charge on any atom is -0.337 e. The molecule has 17 heavy (non-hydrogen) atoms. The van der Waals surface area contributed by atoms with Crippen molar-refractivity contribution in [3.8, 4) is 0 Å². The van der Waals surface area contributed by atoms with Crippen molar-refractivity contribution < 1.29 is 4.52 Å². The molecule has 5 heteroatoms. The molecule has 3 nitrogen and oxygen atoms in total. The van der Waals surface area contributed by atoms with Crippen LogP contribution in [0.4, 0.5) is 0 Å². The molecule has 0 saturated carbocycles. The molecule has 2 aromatic rings. The van der Waals surface area contributed by atoms with Gasteiger partial charge in [-0.2, -0.15) is 16.7 Å². The molecular formula is C12H13ClN2OS. The van der Waals surface area contributed by atoms with Crippen molar-refractivity contribution in [1.82, 2.24) is 10.1 Å². The third-order valence-corrected chi connectivity index (χ3v) is 3.54. The molecule has 1 heterocycles. The van der Waals surface area contributed by atoms with Gasteiger partial charge < -0.3 is 4.52 Å². The van der Waals surface area contributed by atoms with E-state index >= 15 is 0 Å². The highest BCUT2D eigenvalue weighted by Crippen LogP contribution is 2.27. The van der Waals surface area contributed by atoms with Crippen LogP contribution in [0.25, 0.3) is 0 Å². The van der Waals surface area contributed by atoms with Crippen molar-refractivity contribution in [3.05, 3.63) is 47.6 Å². The lowest BCUT2D eigenvalue weighted by molar-refractivity contribution is 0.378. The van der Waals surface area contributed by atoms with Crippen LogP contribution in [0.15, 0.2) is 34.9 Å². The number of benzene rings is 1. The Morgan fingerprint density at radius 3 is 2.82 bits per heavy atom. The van der Waals surface area contributed by atoms with Gasteiger partial charge in [-0.15, -0.1) is 11.6 Å². The molecule has 1 aromatic heterocycles. The third-order valence-electron chi connectivity index (χ3n) is 2.23. The Bertz CT molecular complexity index is 461. The Labute approximate surface area is 110 Å². The summed E-state index contributed by atoms with van der Waals surface area (Å²) in [5.74, 6) is 2.96. The van der Waals surface area contributed by atoms with Crippen LogP contribution in [0.1, 0.15) is 29.6 Å². The van der Waals surface area contributed by atoms with Crippen LogP contribution in [-0.2, 0) is 5.75 Å². The molecule has 2 rings (SSSR count). The molecule has 1 unspecified atom stereocenters. The van der Waals surface area contributed by atoms with E-state index < -0.39 is 0 Å². The fourth-order valence-corrected chi connectivity index (χ4v) is 2.13. The zero-order valence-corrected chi connectivity index (χ0v) is 11.0. The highest BCUT2D eigenvalue weighted by molar-refractivity contribution is 7.98. The largest absolute Gasteiger partial charge is 0.337 e. The van der Waals surface area contributed by atoms with Crippen molar-refractivity contribution >= 4 is 23.4 Å². The first-order chi connectivity index (χ1) is 8.31. The Morgan fingerprint density at radius 2 is 2.12 bits per heavy atom. The average Bonchev–Trinajstić information content (AvgIpc) is 2.85. The number of nitrogens with zero attached hydrogens (tertiary/aromatic N) is 2. The van der Waals surface area contributed by atoms with E-state index in [0.29, 0.717) is 11.7 Å². The van der Waals surface area contributed by atoms with Crippen LogP contribution < -0.4 is 0 Å². The summed E-state index contributed by atoms with van der Waals surface area (Å²) in [6.45, 7) is 2.10. The van der Waals surface area contributed by atoms with Crippen LogP contribution in [0, 0.1) is 0 Å². The molecule has 0 spiro atoms. The van der Waals surface area contributed by atoms with Crippen LogP contribution in [0.2, 0.25) is 0 Å². The van der Waals surface area contributed by atoms with Gasteiger partial charge in [-0.1, -0.05) is 42.4 Å². The number of aromatic nitrogens is 2. The second kappa shape index (κ2) is 6.07. The number of hydrogen-bond acceptors (Lipinski definition) is 4. The Morgan fingerprint density at radius 1 is 1.35 bits per heavy atom. The SMILES string of the molecule is CCSCc1noc(C(Cl)c2ccccc2)n1. The monoisotopic (exact) mass is 268 g/mol. The van der Waals surface area contributed by atoms with Crippen molar-refractivity contribution in [2.45, 2.75) is 18.1 Å². The van der Waals surface area contributed by atoms with Gasteiger partial charge >= 0.3 is 0 Å². The molecule has 0 bridgehead atoms. The van der Waals surface area contributed by atoms with Crippen molar-refractivity contribution in [3.63, 3.8) is 0 Å². The van der Waals surface area contributed by atoms with Gasteiger partial charge in [0.15, 0.2) is 5.82 Å². The van der Waals surface area contributed by atoms with Crippen molar-refractivity contribution in [2.75, 3.05) is 5.75 Å². The van der Waals surface area contributed by atoms with Crippen LogP contribution in [0.5, 0.6) is 0 Å². The lowest BCUT2D eigenvalue weighted by Crippen LogP contribution is -1.93. The van der Waals surface area contributed by atoms with Gasteiger partial charge in [-0.3, -0.25) is 0 Å². The van der Waals surface area contributed by atoms with E-state index in [9.17, 15) is 0 Å².